The second-order valence-corrected chi connectivity index (χ2v) is 2.58. The van der Waals surface area contributed by atoms with Crippen molar-refractivity contribution >= 4 is 0 Å². The number of alkyl halides is 3. The van der Waals surface area contributed by atoms with Crippen LogP contribution in [0, 0.1) is 0 Å². The molecule has 5 heteroatoms. The molecule has 0 heterocycles. The van der Waals surface area contributed by atoms with Crippen molar-refractivity contribution < 1.29 is 23.0 Å². The zero-order valence-corrected chi connectivity index (χ0v) is 7.06. The minimum absolute atomic E-state index is 0.267. The van der Waals surface area contributed by atoms with Gasteiger partial charge in [0.05, 0.1) is 12.7 Å². The van der Waals surface area contributed by atoms with Gasteiger partial charge in [-0.1, -0.05) is 6.92 Å². The molecule has 2 unspecified atom stereocenters. The third kappa shape index (κ3) is 4.56. The molecule has 0 aliphatic rings. The molecule has 2 nitrogen and oxygen atoms in total. The quantitative estimate of drug-likeness (QED) is 0.724. The molecule has 2 atom stereocenters. The second kappa shape index (κ2) is 4.67. The van der Waals surface area contributed by atoms with E-state index < -0.39 is 18.4 Å². The van der Waals surface area contributed by atoms with E-state index in [2.05, 4.69) is 4.74 Å². The maximum Gasteiger partial charge on any atom is 0.414 e. The lowest BCUT2D eigenvalue weighted by Gasteiger charge is -2.17. The van der Waals surface area contributed by atoms with E-state index in [1.54, 1.807) is 6.92 Å². The van der Waals surface area contributed by atoms with Crippen molar-refractivity contribution in [2.45, 2.75) is 38.7 Å². The van der Waals surface area contributed by atoms with E-state index in [1.807, 2.05) is 0 Å². The highest BCUT2D eigenvalue weighted by Crippen LogP contribution is 2.22. The summed E-state index contributed by atoms with van der Waals surface area (Å²) in [4.78, 5) is 0. The Bertz CT molecular complexity index is 124. The summed E-state index contributed by atoms with van der Waals surface area (Å²) in [5.41, 5.74) is 0. The average molecular weight is 186 g/mol. The molecule has 0 fully saturated rings. The topological polar surface area (TPSA) is 29.5 Å². The van der Waals surface area contributed by atoms with Crippen molar-refractivity contribution in [3.63, 3.8) is 0 Å². The monoisotopic (exact) mass is 186 g/mol. The number of hydrogen-bond donors (Lipinski definition) is 1. The van der Waals surface area contributed by atoms with E-state index in [-0.39, 0.29) is 6.61 Å². The zero-order chi connectivity index (χ0) is 9.78. The Balaban J connectivity index is 3.64. The normalized spacial score (nSPS) is 17.5. The van der Waals surface area contributed by atoms with E-state index in [1.165, 1.54) is 0 Å². The average Bonchev–Trinajstić information content (AvgIpc) is 1.97. The summed E-state index contributed by atoms with van der Waals surface area (Å²) in [6, 6.07) is 0. The standard InChI is InChI=1S/C7H13F3O2/c1-3-6(11)4-12-5(2)7(8,9)10/h5-6,11H,3-4H2,1-2H3. The summed E-state index contributed by atoms with van der Waals surface area (Å²) in [7, 11) is 0. The van der Waals surface area contributed by atoms with E-state index in [0.29, 0.717) is 6.42 Å². The molecular formula is C7H13F3O2. The molecule has 12 heavy (non-hydrogen) atoms. The fourth-order valence-corrected chi connectivity index (χ4v) is 0.468. The molecule has 0 spiro atoms. The van der Waals surface area contributed by atoms with Crippen LogP contribution in [-0.2, 0) is 4.74 Å². The summed E-state index contributed by atoms with van der Waals surface area (Å²) in [5.74, 6) is 0. The number of hydrogen-bond acceptors (Lipinski definition) is 2. The smallest absolute Gasteiger partial charge is 0.391 e. The first-order valence-electron chi connectivity index (χ1n) is 3.74. The molecule has 0 amide bonds. The van der Waals surface area contributed by atoms with Crippen molar-refractivity contribution in [2.75, 3.05) is 6.61 Å². The van der Waals surface area contributed by atoms with Crippen LogP contribution in [0.2, 0.25) is 0 Å². The Hall–Kier alpha value is -0.290. The fraction of sp³-hybridized carbons (Fsp3) is 1.00. The number of rotatable bonds is 4. The van der Waals surface area contributed by atoms with Crippen molar-refractivity contribution in [2.24, 2.45) is 0 Å². The Morgan fingerprint density at radius 3 is 2.25 bits per heavy atom. The van der Waals surface area contributed by atoms with Gasteiger partial charge in [0.1, 0.15) is 0 Å². The summed E-state index contributed by atoms with van der Waals surface area (Å²) in [6.45, 7) is 2.33. The summed E-state index contributed by atoms with van der Waals surface area (Å²) in [6.07, 6.45) is -6.56. The van der Waals surface area contributed by atoms with Crippen LogP contribution < -0.4 is 0 Å². The maximum atomic E-state index is 11.8. The molecule has 0 radical (unpaired) electrons. The van der Waals surface area contributed by atoms with Crippen molar-refractivity contribution in [3.8, 4) is 0 Å². The van der Waals surface area contributed by atoms with Gasteiger partial charge >= 0.3 is 6.18 Å². The molecule has 0 aliphatic carbocycles. The van der Waals surface area contributed by atoms with Gasteiger partial charge in [0.15, 0.2) is 6.10 Å². The molecule has 1 N–H and O–H groups in total. The fourth-order valence-electron chi connectivity index (χ4n) is 0.468. The Morgan fingerprint density at radius 1 is 1.42 bits per heavy atom. The molecular weight excluding hydrogens is 173 g/mol. The Labute approximate surface area is 69.3 Å². The van der Waals surface area contributed by atoms with Crippen LogP contribution in [0.5, 0.6) is 0 Å². The van der Waals surface area contributed by atoms with Gasteiger partial charge in [0.2, 0.25) is 0 Å². The molecule has 74 valence electrons. The number of halogens is 3. The maximum absolute atomic E-state index is 11.8. The van der Waals surface area contributed by atoms with Gasteiger partial charge in [-0.3, -0.25) is 0 Å². The lowest BCUT2D eigenvalue weighted by molar-refractivity contribution is -0.219. The van der Waals surface area contributed by atoms with Crippen LogP contribution in [-0.4, -0.2) is 30.1 Å². The first-order valence-corrected chi connectivity index (χ1v) is 3.74. The van der Waals surface area contributed by atoms with Gasteiger partial charge in [0, 0.05) is 0 Å². The van der Waals surface area contributed by atoms with Crippen LogP contribution in [0.3, 0.4) is 0 Å². The van der Waals surface area contributed by atoms with E-state index in [0.717, 1.165) is 6.92 Å². The molecule has 0 bridgehead atoms. The van der Waals surface area contributed by atoms with Gasteiger partial charge in [0.25, 0.3) is 0 Å². The second-order valence-electron chi connectivity index (χ2n) is 2.58. The Kier molecular flexibility index (Phi) is 4.55. The summed E-state index contributed by atoms with van der Waals surface area (Å²) >= 11 is 0. The van der Waals surface area contributed by atoms with Crippen molar-refractivity contribution in [3.05, 3.63) is 0 Å². The molecule has 0 saturated heterocycles. The minimum atomic E-state index is -4.34. The van der Waals surface area contributed by atoms with Gasteiger partial charge < -0.3 is 9.84 Å². The molecule has 0 saturated carbocycles. The molecule has 0 rings (SSSR count). The highest BCUT2D eigenvalue weighted by atomic mass is 19.4. The number of aliphatic hydroxyl groups excluding tert-OH is 1. The van der Waals surface area contributed by atoms with E-state index in [9.17, 15) is 13.2 Å². The van der Waals surface area contributed by atoms with E-state index in [4.69, 9.17) is 5.11 Å². The van der Waals surface area contributed by atoms with Gasteiger partial charge in [-0.25, -0.2) is 0 Å². The van der Waals surface area contributed by atoms with Gasteiger partial charge in [-0.15, -0.1) is 0 Å². The summed E-state index contributed by atoms with van der Waals surface area (Å²) in [5, 5.41) is 8.88. The molecule has 0 aliphatic heterocycles. The van der Waals surface area contributed by atoms with E-state index >= 15 is 0 Å². The minimum Gasteiger partial charge on any atom is -0.391 e. The van der Waals surface area contributed by atoms with Crippen LogP contribution in [0.1, 0.15) is 20.3 Å². The number of aliphatic hydroxyl groups is 1. The predicted octanol–water partition coefficient (Wildman–Crippen LogP) is 1.72. The number of ether oxygens (including phenoxy) is 1. The lowest BCUT2D eigenvalue weighted by atomic mass is 10.3. The van der Waals surface area contributed by atoms with Gasteiger partial charge in [-0.05, 0) is 13.3 Å². The van der Waals surface area contributed by atoms with Crippen LogP contribution in [0.25, 0.3) is 0 Å². The highest BCUT2D eigenvalue weighted by molar-refractivity contribution is 4.61. The Morgan fingerprint density at radius 2 is 1.92 bits per heavy atom. The van der Waals surface area contributed by atoms with Gasteiger partial charge in [-0.2, -0.15) is 13.2 Å². The lowest BCUT2D eigenvalue weighted by Crippen LogP contribution is -2.31. The third-order valence-corrected chi connectivity index (χ3v) is 1.47. The SMILES string of the molecule is CCC(O)COC(C)C(F)(F)F. The molecule has 0 aromatic carbocycles. The summed E-state index contributed by atoms with van der Waals surface area (Å²) < 4.78 is 39.8. The first kappa shape index (κ1) is 11.7. The predicted molar refractivity (Wildman–Crippen MR) is 37.8 cm³/mol. The largest absolute Gasteiger partial charge is 0.414 e. The van der Waals surface area contributed by atoms with Crippen molar-refractivity contribution in [1.82, 2.24) is 0 Å². The highest BCUT2D eigenvalue weighted by Gasteiger charge is 2.37. The van der Waals surface area contributed by atoms with Crippen LogP contribution in [0.4, 0.5) is 13.2 Å². The van der Waals surface area contributed by atoms with Crippen LogP contribution in [0.15, 0.2) is 0 Å². The first-order chi connectivity index (χ1) is 5.38. The molecule has 0 aromatic rings. The van der Waals surface area contributed by atoms with Crippen LogP contribution >= 0.6 is 0 Å². The third-order valence-electron chi connectivity index (χ3n) is 1.47. The van der Waals surface area contributed by atoms with Crippen molar-refractivity contribution in [1.29, 1.82) is 0 Å². The zero-order valence-electron chi connectivity index (χ0n) is 7.06. The molecule has 0 aromatic heterocycles.